The predicted molar refractivity (Wildman–Crippen MR) is 68.2 cm³/mol. The molecule has 6 heteroatoms. The Balaban J connectivity index is 1.73. The Morgan fingerprint density at radius 2 is 2.28 bits per heavy atom. The molecular formula is C12H18N6. The molecule has 0 amide bonds. The summed E-state index contributed by atoms with van der Waals surface area (Å²) in [6.45, 7) is 3.71. The van der Waals surface area contributed by atoms with Crippen molar-refractivity contribution in [3.05, 3.63) is 23.8 Å². The van der Waals surface area contributed by atoms with Gasteiger partial charge in [0.1, 0.15) is 6.33 Å². The van der Waals surface area contributed by atoms with Crippen LogP contribution in [0.3, 0.4) is 0 Å². The lowest BCUT2D eigenvalue weighted by atomic mass is 10.2. The Hall–Kier alpha value is -1.85. The summed E-state index contributed by atoms with van der Waals surface area (Å²) in [5.74, 6) is 1.53. The van der Waals surface area contributed by atoms with Crippen molar-refractivity contribution in [2.75, 3.05) is 5.32 Å². The Morgan fingerprint density at radius 1 is 1.44 bits per heavy atom. The Kier molecular flexibility index (Phi) is 2.77. The molecule has 0 aliphatic heterocycles. The average Bonchev–Trinajstić information content (AvgIpc) is 2.99. The van der Waals surface area contributed by atoms with E-state index < -0.39 is 0 Å². The lowest BCUT2D eigenvalue weighted by molar-refractivity contribution is 0.710. The van der Waals surface area contributed by atoms with Gasteiger partial charge in [-0.3, -0.25) is 4.68 Å². The number of hydrogen-bond acceptors (Lipinski definition) is 4. The van der Waals surface area contributed by atoms with Crippen molar-refractivity contribution in [1.29, 1.82) is 0 Å². The fourth-order valence-corrected chi connectivity index (χ4v) is 2.31. The summed E-state index contributed by atoms with van der Waals surface area (Å²) < 4.78 is 3.99. The maximum Gasteiger partial charge on any atom is 0.224 e. The molecule has 2 aromatic heterocycles. The van der Waals surface area contributed by atoms with Crippen molar-refractivity contribution in [3.8, 4) is 0 Å². The minimum Gasteiger partial charge on any atom is -0.350 e. The van der Waals surface area contributed by atoms with E-state index in [0.717, 1.165) is 19.0 Å². The molecule has 0 atom stereocenters. The van der Waals surface area contributed by atoms with Crippen LogP contribution in [0, 0.1) is 0 Å². The maximum absolute atomic E-state index is 4.35. The highest BCUT2D eigenvalue weighted by Crippen LogP contribution is 2.41. The topological polar surface area (TPSA) is 60.6 Å². The van der Waals surface area contributed by atoms with Crippen LogP contribution in [0.1, 0.15) is 36.9 Å². The molecule has 6 nitrogen and oxygen atoms in total. The van der Waals surface area contributed by atoms with Crippen LogP contribution in [0.4, 0.5) is 5.95 Å². The number of aromatic nitrogens is 5. The van der Waals surface area contributed by atoms with Crippen LogP contribution in [0.25, 0.3) is 0 Å². The van der Waals surface area contributed by atoms with Crippen molar-refractivity contribution in [1.82, 2.24) is 24.5 Å². The maximum atomic E-state index is 4.35. The number of nitrogens with zero attached hydrogens (tertiary/aromatic N) is 5. The van der Waals surface area contributed by atoms with Crippen LogP contribution in [0.2, 0.25) is 0 Å². The molecule has 1 N–H and O–H groups in total. The number of hydrogen-bond donors (Lipinski definition) is 1. The second kappa shape index (κ2) is 4.44. The summed E-state index contributed by atoms with van der Waals surface area (Å²) in [7, 11) is 2.02. The van der Waals surface area contributed by atoms with Crippen LogP contribution in [-0.2, 0) is 20.1 Å². The predicted octanol–water partition coefficient (Wildman–Crippen LogP) is 1.52. The van der Waals surface area contributed by atoms with Crippen LogP contribution in [0.5, 0.6) is 0 Å². The van der Waals surface area contributed by atoms with Gasteiger partial charge < -0.3 is 9.88 Å². The fraction of sp³-hybridized carbons (Fsp3) is 0.583. The van der Waals surface area contributed by atoms with Gasteiger partial charge >= 0.3 is 0 Å². The molecule has 1 aliphatic carbocycles. The quantitative estimate of drug-likeness (QED) is 0.869. The van der Waals surface area contributed by atoms with Crippen molar-refractivity contribution in [3.63, 3.8) is 0 Å². The number of anilines is 1. The summed E-state index contributed by atoms with van der Waals surface area (Å²) in [5.41, 5.74) is 2.63. The zero-order valence-electron chi connectivity index (χ0n) is 10.8. The van der Waals surface area contributed by atoms with Gasteiger partial charge in [-0.15, -0.1) is 10.2 Å². The van der Waals surface area contributed by atoms with Crippen LogP contribution in [-0.4, -0.2) is 24.5 Å². The first-order chi connectivity index (χ1) is 8.79. The van der Waals surface area contributed by atoms with Crippen molar-refractivity contribution in [2.45, 2.75) is 38.8 Å². The molecule has 0 unspecified atom stereocenters. The average molecular weight is 246 g/mol. The molecular weight excluding hydrogens is 228 g/mol. The Bertz CT molecular complexity index is 537. The van der Waals surface area contributed by atoms with E-state index in [1.807, 2.05) is 22.5 Å². The molecule has 0 bridgehead atoms. The summed E-state index contributed by atoms with van der Waals surface area (Å²) in [6, 6.07) is 0. The largest absolute Gasteiger partial charge is 0.350 e. The van der Waals surface area contributed by atoms with Gasteiger partial charge in [-0.2, -0.15) is 5.10 Å². The molecule has 2 aromatic rings. The van der Waals surface area contributed by atoms with E-state index in [0.29, 0.717) is 5.92 Å². The van der Waals surface area contributed by atoms with E-state index >= 15 is 0 Å². The molecule has 0 saturated heterocycles. The number of aryl methyl sites for hydroxylation is 2. The molecule has 0 aromatic carbocycles. The highest BCUT2D eigenvalue weighted by atomic mass is 15.3. The van der Waals surface area contributed by atoms with Gasteiger partial charge in [0.2, 0.25) is 5.95 Å². The molecule has 1 aliphatic rings. The smallest absolute Gasteiger partial charge is 0.224 e. The molecule has 18 heavy (non-hydrogen) atoms. The highest BCUT2D eigenvalue weighted by Gasteiger charge is 2.29. The second-order valence-electron chi connectivity index (χ2n) is 4.75. The lowest BCUT2D eigenvalue weighted by Gasteiger charge is -2.07. The Labute approximate surface area is 106 Å². The molecule has 0 radical (unpaired) electrons. The third-order valence-electron chi connectivity index (χ3n) is 3.42. The second-order valence-corrected chi connectivity index (χ2v) is 4.75. The zero-order chi connectivity index (χ0) is 12.5. The van der Waals surface area contributed by atoms with Crippen LogP contribution in [0.15, 0.2) is 12.5 Å². The van der Waals surface area contributed by atoms with Crippen LogP contribution >= 0.6 is 0 Å². The SMILES string of the molecule is CCn1cnnc1NCc1cnn(C)c1C1CC1. The van der Waals surface area contributed by atoms with Gasteiger partial charge in [-0.1, -0.05) is 0 Å². The standard InChI is InChI=1S/C12H18N6/c1-3-18-8-14-16-12(18)13-6-10-7-15-17(2)11(10)9-4-5-9/h7-9H,3-6H2,1-2H3,(H,13,16). The fourth-order valence-electron chi connectivity index (χ4n) is 2.31. The van der Waals surface area contributed by atoms with Crippen molar-refractivity contribution in [2.24, 2.45) is 7.05 Å². The van der Waals surface area contributed by atoms with Crippen molar-refractivity contribution >= 4 is 5.95 Å². The van der Waals surface area contributed by atoms with E-state index in [-0.39, 0.29) is 0 Å². The summed E-state index contributed by atoms with van der Waals surface area (Å²) >= 11 is 0. The van der Waals surface area contributed by atoms with Crippen molar-refractivity contribution < 1.29 is 0 Å². The third-order valence-corrected chi connectivity index (χ3v) is 3.42. The first-order valence-electron chi connectivity index (χ1n) is 6.42. The third kappa shape index (κ3) is 1.98. The zero-order valence-corrected chi connectivity index (χ0v) is 10.8. The van der Waals surface area contributed by atoms with Gasteiger partial charge in [-0.05, 0) is 19.8 Å². The molecule has 1 saturated carbocycles. The molecule has 3 rings (SSSR count). The van der Waals surface area contributed by atoms with E-state index in [4.69, 9.17) is 0 Å². The monoisotopic (exact) mass is 246 g/mol. The summed E-state index contributed by atoms with van der Waals surface area (Å²) in [4.78, 5) is 0. The first kappa shape index (κ1) is 11.3. The van der Waals surface area contributed by atoms with E-state index in [1.165, 1.54) is 24.1 Å². The Morgan fingerprint density at radius 3 is 3.00 bits per heavy atom. The molecule has 96 valence electrons. The molecule has 1 fully saturated rings. The van der Waals surface area contributed by atoms with Gasteiger partial charge in [0.05, 0.1) is 6.20 Å². The molecule has 2 heterocycles. The summed E-state index contributed by atoms with van der Waals surface area (Å²) in [6.07, 6.45) is 6.27. The molecule has 0 spiro atoms. The van der Waals surface area contributed by atoms with Gasteiger partial charge in [0, 0.05) is 37.3 Å². The summed E-state index contributed by atoms with van der Waals surface area (Å²) in [5, 5.41) is 15.7. The number of rotatable bonds is 5. The highest BCUT2D eigenvalue weighted by molar-refractivity contribution is 5.31. The van der Waals surface area contributed by atoms with Gasteiger partial charge in [-0.25, -0.2) is 0 Å². The normalized spacial score (nSPS) is 15.0. The van der Waals surface area contributed by atoms with Gasteiger partial charge in [0.25, 0.3) is 0 Å². The lowest BCUT2D eigenvalue weighted by Crippen LogP contribution is -2.08. The van der Waals surface area contributed by atoms with E-state index in [9.17, 15) is 0 Å². The minimum atomic E-state index is 0.707. The van der Waals surface area contributed by atoms with E-state index in [2.05, 4.69) is 27.5 Å². The number of nitrogens with one attached hydrogen (secondary N) is 1. The van der Waals surface area contributed by atoms with E-state index in [1.54, 1.807) is 6.33 Å². The minimum absolute atomic E-state index is 0.707. The van der Waals surface area contributed by atoms with Gasteiger partial charge in [0.15, 0.2) is 0 Å². The first-order valence-corrected chi connectivity index (χ1v) is 6.42. The van der Waals surface area contributed by atoms with Crippen LogP contribution < -0.4 is 5.32 Å².